The first-order valence-electron chi connectivity index (χ1n) is 10.3. The van der Waals surface area contributed by atoms with Crippen LogP contribution in [0.5, 0.6) is 0 Å². The van der Waals surface area contributed by atoms with Crippen molar-refractivity contribution in [3.05, 3.63) is 35.9 Å². The van der Waals surface area contributed by atoms with E-state index in [0.29, 0.717) is 5.82 Å². The maximum Gasteiger partial charge on any atom is 0.494 e. The number of hydrogen-bond donors (Lipinski definition) is 0. The summed E-state index contributed by atoms with van der Waals surface area (Å²) >= 11 is 0. The van der Waals surface area contributed by atoms with Gasteiger partial charge in [-0.2, -0.15) is 0 Å². The molecule has 0 saturated carbocycles. The fraction of sp³-hybridized carbons (Fsp3) is 0.609. The van der Waals surface area contributed by atoms with E-state index in [0.717, 1.165) is 22.7 Å². The first kappa shape index (κ1) is 21.9. The smallest absolute Gasteiger partial charge is 0.399 e. The van der Waals surface area contributed by atoms with Crippen molar-refractivity contribution in [2.75, 3.05) is 0 Å². The van der Waals surface area contributed by atoms with Crippen LogP contribution in [0.4, 0.5) is 0 Å². The zero-order chi connectivity index (χ0) is 21.8. The summed E-state index contributed by atoms with van der Waals surface area (Å²) in [5.41, 5.74) is 0.944. The van der Waals surface area contributed by atoms with E-state index in [1.165, 1.54) is 0 Å². The van der Waals surface area contributed by atoms with E-state index in [1.807, 2.05) is 24.3 Å². The Morgan fingerprint density at radius 2 is 1.10 bits per heavy atom. The van der Waals surface area contributed by atoms with Crippen molar-refractivity contribution in [1.82, 2.24) is 15.0 Å². The third kappa shape index (κ3) is 4.38. The molecular formula is C23H34BN3O2. The maximum absolute atomic E-state index is 6.16. The van der Waals surface area contributed by atoms with Crippen molar-refractivity contribution >= 4 is 12.6 Å². The van der Waals surface area contributed by atoms with Gasteiger partial charge in [-0.1, -0.05) is 65.8 Å². The van der Waals surface area contributed by atoms with Crippen molar-refractivity contribution in [1.29, 1.82) is 0 Å². The Morgan fingerprint density at radius 3 is 1.48 bits per heavy atom. The predicted octanol–water partition coefficient (Wildman–Crippen LogP) is 4.43. The highest BCUT2D eigenvalue weighted by atomic mass is 16.7. The third-order valence-electron chi connectivity index (χ3n) is 5.67. The molecule has 0 atom stereocenters. The predicted molar refractivity (Wildman–Crippen MR) is 118 cm³/mol. The van der Waals surface area contributed by atoms with Crippen LogP contribution in [0.2, 0.25) is 0 Å². The fourth-order valence-corrected chi connectivity index (χ4v) is 2.94. The zero-order valence-electron chi connectivity index (χ0n) is 19.5. The van der Waals surface area contributed by atoms with Crippen LogP contribution in [0, 0.1) is 0 Å². The van der Waals surface area contributed by atoms with Crippen LogP contribution in [0.25, 0.3) is 11.4 Å². The van der Waals surface area contributed by atoms with Gasteiger partial charge >= 0.3 is 7.12 Å². The molecule has 3 rings (SSSR count). The molecule has 1 aliphatic rings. The van der Waals surface area contributed by atoms with E-state index < -0.39 is 0 Å². The van der Waals surface area contributed by atoms with E-state index in [9.17, 15) is 0 Å². The molecule has 0 N–H and O–H groups in total. The summed E-state index contributed by atoms with van der Waals surface area (Å²) in [6, 6.07) is 8.15. The molecular weight excluding hydrogens is 361 g/mol. The van der Waals surface area contributed by atoms with E-state index in [4.69, 9.17) is 24.3 Å². The first-order chi connectivity index (χ1) is 13.1. The van der Waals surface area contributed by atoms with Gasteiger partial charge in [0.25, 0.3) is 0 Å². The van der Waals surface area contributed by atoms with Crippen LogP contribution in [0.15, 0.2) is 24.3 Å². The Morgan fingerprint density at radius 1 is 0.690 bits per heavy atom. The molecule has 0 amide bonds. The fourth-order valence-electron chi connectivity index (χ4n) is 2.94. The monoisotopic (exact) mass is 395 g/mol. The molecule has 1 fully saturated rings. The van der Waals surface area contributed by atoms with Gasteiger partial charge in [-0.05, 0) is 33.2 Å². The topological polar surface area (TPSA) is 57.1 Å². The molecule has 2 aromatic rings. The van der Waals surface area contributed by atoms with Crippen LogP contribution < -0.4 is 5.46 Å². The SMILES string of the molecule is CC(C)(C)c1nc(-c2ccc(B3OC(C)(C)C(C)(C)O3)cc2)nc(C(C)(C)C)n1. The van der Waals surface area contributed by atoms with Crippen LogP contribution in [-0.2, 0) is 20.1 Å². The first-order valence-corrected chi connectivity index (χ1v) is 10.3. The summed E-state index contributed by atoms with van der Waals surface area (Å²) in [7, 11) is -0.373. The van der Waals surface area contributed by atoms with Crippen molar-refractivity contribution in [3.8, 4) is 11.4 Å². The van der Waals surface area contributed by atoms with Crippen LogP contribution in [0.1, 0.15) is 80.9 Å². The van der Waals surface area contributed by atoms with Gasteiger partial charge in [-0.3, -0.25) is 0 Å². The lowest BCUT2D eigenvalue weighted by molar-refractivity contribution is 0.00578. The van der Waals surface area contributed by atoms with E-state index in [-0.39, 0.29) is 29.2 Å². The molecule has 0 radical (unpaired) electrons. The van der Waals surface area contributed by atoms with Gasteiger partial charge in [0.15, 0.2) is 5.82 Å². The second-order valence-corrected chi connectivity index (χ2v) is 11.0. The lowest BCUT2D eigenvalue weighted by Crippen LogP contribution is -2.41. The number of benzene rings is 1. The average molecular weight is 395 g/mol. The van der Waals surface area contributed by atoms with Gasteiger partial charge in [-0.15, -0.1) is 0 Å². The van der Waals surface area contributed by atoms with Crippen molar-refractivity contribution in [2.24, 2.45) is 0 Å². The van der Waals surface area contributed by atoms with Gasteiger partial charge in [-0.25, -0.2) is 15.0 Å². The summed E-state index contributed by atoms with van der Waals surface area (Å²) in [5, 5.41) is 0. The van der Waals surface area contributed by atoms with Gasteiger partial charge in [0, 0.05) is 16.4 Å². The van der Waals surface area contributed by atoms with E-state index in [2.05, 4.69) is 69.2 Å². The molecule has 1 saturated heterocycles. The quantitative estimate of drug-likeness (QED) is 0.704. The molecule has 156 valence electrons. The van der Waals surface area contributed by atoms with Crippen molar-refractivity contribution in [2.45, 2.75) is 91.3 Å². The Labute approximate surface area is 175 Å². The van der Waals surface area contributed by atoms with Gasteiger partial charge in [0.05, 0.1) is 11.2 Å². The summed E-state index contributed by atoms with van der Waals surface area (Å²) in [6.45, 7) is 21.0. The highest BCUT2D eigenvalue weighted by Gasteiger charge is 2.51. The highest BCUT2D eigenvalue weighted by Crippen LogP contribution is 2.36. The number of rotatable bonds is 2. The molecule has 1 aromatic carbocycles. The lowest BCUT2D eigenvalue weighted by Gasteiger charge is -2.32. The summed E-state index contributed by atoms with van der Waals surface area (Å²) in [4.78, 5) is 14.3. The number of aromatic nitrogens is 3. The van der Waals surface area contributed by atoms with Crippen molar-refractivity contribution in [3.63, 3.8) is 0 Å². The van der Waals surface area contributed by atoms with E-state index >= 15 is 0 Å². The Bertz CT molecular complexity index is 846. The molecule has 0 spiro atoms. The normalized spacial score (nSPS) is 18.9. The van der Waals surface area contributed by atoms with Crippen LogP contribution >= 0.6 is 0 Å². The second-order valence-electron chi connectivity index (χ2n) is 11.0. The van der Waals surface area contributed by atoms with Crippen LogP contribution in [0.3, 0.4) is 0 Å². The molecule has 6 heteroatoms. The summed E-state index contributed by atoms with van der Waals surface area (Å²) in [6.07, 6.45) is 0. The standard InChI is InChI=1S/C23H34BN3O2/c1-20(2,3)18-25-17(26-19(27-18)21(4,5)6)15-11-13-16(14-12-15)24-28-22(7,8)23(9,10)29-24/h11-14H,1-10H3. The molecule has 0 bridgehead atoms. The Hall–Kier alpha value is -1.79. The van der Waals surface area contributed by atoms with Gasteiger partial charge in [0.1, 0.15) is 11.6 Å². The Kier molecular flexibility index (Phi) is 5.20. The Balaban J connectivity index is 1.96. The highest BCUT2D eigenvalue weighted by molar-refractivity contribution is 6.62. The van der Waals surface area contributed by atoms with Gasteiger partial charge < -0.3 is 9.31 Å². The maximum atomic E-state index is 6.16. The van der Waals surface area contributed by atoms with Gasteiger partial charge in [0.2, 0.25) is 0 Å². The molecule has 5 nitrogen and oxygen atoms in total. The third-order valence-corrected chi connectivity index (χ3v) is 5.67. The number of hydrogen-bond acceptors (Lipinski definition) is 5. The molecule has 0 aliphatic carbocycles. The molecule has 2 heterocycles. The largest absolute Gasteiger partial charge is 0.494 e. The second kappa shape index (κ2) is 6.88. The zero-order valence-corrected chi connectivity index (χ0v) is 19.5. The van der Waals surface area contributed by atoms with Crippen LogP contribution in [-0.4, -0.2) is 33.3 Å². The van der Waals surface area contributed by atoms with Crippen molar-refractivity contribution < 1.29 is 9.31 Å². The van der Waals surface area contributed by atoms with E-state index in [1.54, 1.807) is 0 Å². The minimum atomic E-state index is -0.373. The summed E-state index contributed by atoms with van der Waals surface area (Å²) < 4.78 is 12.3. The molecule has 0 unspecified atom stereocenters. The minimum Gasteiger partial charge on any atom is -0.399 e. The molecule has 29 heavy (non-hydrogen) atoms. The average Bonchev–Trinajstić information content (AvgIpc) is 2.81. The minimum absolute atomic E-state index is 0.152. The lowest BCUT2D eigenvalue weighted by atomic mass is 9.79. The molecule has 1 aliphatic heterocycles. The number of nitrogens with zero attached hydrogens (tertiary/aromatic N) is 3. The summed E-state index contributed by atoms with van der Waals surface area (Å²) in [5.74, 6) is 2.32. The molecule has 1 aromatic heterocycles.